The lowest BCUT2D eigenvalue weighted by atomic mass is 9.91. The third-order valence-electron chi connectivity index (χ3n) is 3.52. The highest BCUT2D eigenvalue weighted by molar-refractivity contribution is 5.87. The van der Waals surface area contributed by atoms with Crippen LogP contribution in [-0.4, -0.2) is 4.98 Å². The maximum Gasteiger partial charge on any atom is 0.0486 e. The minimum atomic E-state index is 0.630. The molecule has 1 nitrogen and oxygen atoms in total. The molecule has 0 amide bonds. The van der Waals surface area contributed by atoms with Crippen molar-refractivity contribution in [3.63, 3.8) is 0 Å². The lowest BCUT2D eigenvalue weighted by Crippen LogP contribution is -1.98. The number of H-pyrrole nitrogens is 1. The smallest absolute Gasteiger partial charge is 0.0486 e. The summed E-state index contributed by atoms with van der Waals surface area (Å²) in [5.41, 5.74) is 5.48. The fourth-order valence-electron chi connectivity index (χ4n) is 2.86. The number of fused-ring (bicyclic) bond motifs is 1. The molecule has 0 spiro atoms. The highest BCUT2D eigenvalue weighted by Crippen LogP contribution is 2.31. The number of rotatable bonds is 3. The quantitative estimate of drug-likeness (QED) is 0.767. The van der Waals surface area contributed by atoms with E-state index in [0.717, 1.165) is 5.92 Å². The fraction of sp³-hybridized carbons (Fsp3) is 0.500. The molecule has 0 saturated carbocycles. The first-order valence-corrected chi connectivity index (χ1v) is 6.57. The molecule has 2 aromatic rings. The molecule has 0 saturated heterocycles. The average molecular weight is 229 g/mol. The average Bonchev–Trinajstić information content (AvgIpc) is 2.59. The first-order chi connectivity index (χ1) is 7.99. The van der Waals surface area contributed by atoms with Crippen molar-refractivity contribution in [3.8, 4) is 0 Å². The molecule has 1 atom stereocenters. The molecular formula is C16H23N. The summed E-state index contributed by atoms with van der Waals surface area (Å²) in [4.78, 5) is 3.44. The molecule has 0 aliphatic rings. The molecule has 0 bridgehead atoms. The van der Waals surface area contributed by atoms with Gasteiger partial charge in [0, 0.05) is 17.1 Å². The lowest BCUT2D eigenvalue weighted by Gasteiger charge is -2.13. The molecule has 0 aliphatic carbocycles. The Morgan fingerprint density at radius 3 is 2.47 bits per heavy atom. The monoisotopic (exact) mass is 229 g/mol. The molecule has 1 unspecified atom stereocenters. The van der Waals surface area contributed by atoms with E-state index in [4.69, 9.17) is 0 Å². The Hall–Kier alpha value is -1.24. The number of hydrogen-bond donors (Lipinski definition) is 1. The molecule has 1 heteroatoms. The van der Waals surface area contributed by atoms with Crippen LogP contribution in [0.2, 0.25) is 0 Å². The van der Waals surface area contributed by atoms with Gasteiger partial charge in [0.05, 0.1) is 0 Å². The topological polar surface area (TPSA) is 15.8 Å². The van der Waals surface area contributed by atoms with Crippen molar-refractivity contribution in [3.05, 3.63) is 35.0 Å². The van der Waals surface area contributed by atoms with Crippen molar-refractivity contribution in [1.29, 1.82) is 0 Å². The van der Waals surface area contributed by atoms with Gasteiger partial charge in [-0.15, -0.1) is 0 Å². The minimum absolute atomic E-state index is 0.630. The zero-order valence-corrected chi connectivity index (χ0v) is 11.6. The van der Waals surface area contributed by atoms with Gasteiger partial charge in [-0.1, -0.05) is 32.4 Å². The summed E-state index contributed by atoms with van der Waals surface area (Å²) in [5.74, 6) is 1.38. The van der Waals surface area contributed by atoms with E-state index in [9.17, 15) is 0 Å². The molecule has 0 radical (unpaired) electrons. The lowest BCUT2D eigenvalue weighted by molar-refractivity contribution is 0.525. The zero-order chi connectivity index (χ0) is 12.6. The Kier molecular flexibility index (Phi) is 3.28. The Labute approximate surface area is 104 Å². The molecule has 2 rings (SSSR count). The van der Waals surface area contributed by atoms with Gasteiger partial charge in [0.1, 0.15) is 0 Å². The summed E-state index contributed by atoms with van der Waals surface area (Å²) in [5, 5.41) is 1.41. The normalized spacial score (nSPS) is 13.5. The number of nitrogens with one attached hydrogen (secondary N) is 1. The van der Waals surface area contributed by atoms with Crippen LogP contribution in [0.15, 0.2) is 18.3 Å². The Balaban J connectivity index is 2.48. The number of aryl methyl sites for hydroxylation is 2. The predicted molar refractivity (Wildman–Crippen MR) is 75.6 cm³/mol. The molecule has 1 aromatic heterocycles. The van der Waals surface area contributed by atoms with Gasteiger partial charge in [0.15, 0.2) is 0 Å². The second-order valence-corrected chi connectivity index (χ2v) is 5.78. The van der Waals surface area contributed by atoms with Gasteiger partial charge in [-0.25, -0.2) is 0 Å². The SMILES string of the molecule is Cc1cc(C)c2[nH]cc(C(C)CC(C)C)c2c1. The van der Waals surface area contributed by atoms with Crippen LogP contribution in [0.3, 0.4) is 0 Å². The summed E-state index contributed by atoms with van der Waals surface area (Å²) in [6.07, 6.45) is 3.45. The fourth-order valence-corrected chi connectivity index (χ4v) is 2.86. The van der Waals surface area contributed by atoms with E-state index in [0.29, 0.717) is 5.92 Å². The Morgan fingerprint density at radius 1 is 1.12 bits per heavy atom. The second kappa shape index (κ2) is 4.56. The second-order valence-electron chi connectivity index (χ2n) is 5.78. The molecular weight excluding hydrogens is 206 g/mol. The summed E-state index contributed by atoms with van der Waals surface area (Å²) >= 11 is 0. The minimum Gasteiger partial charge on any atom is -0.361 e. The first kappa shape index (κ1) is 12.2. The molecule has 17 heavy (non-hydrogen) atoms. The van der Waals surface area contributed by atoms with E-state index in [2.05, 4.69) is 57.9 Å². The van der Waals surface area contributed by atoms with Crippen LogP contribution in [0, 0.1) is 19.8 Å². The highest BCUT2D eigenvalue weighted by Gasteiger charge is 2.13. The van der Waals surface area contributed by atoms with E-state index in [-0.39, 0.29) is 0 Å². The first-order valence-electron chi connectivity index (χ1n) is 6.57. The van der Waals surface area contributed by atoms with Crippen LogP contribution in [0.1, 0.15) is 49.8 Å². The molecule has 92 valence electrons. The maximum atomic E-state index is 3.44. The van der Waals surface area contributed by atoms with Gasteiger partial charge in [-0.05, 0) is 49.3 Å². The van der Waals surface area contributed by atoms with Gasteiger partial charge in [0.25, 0.3) is 0 Å². The molecule has 1 N–H and O–H groups in total. The van der Waals surface area contributed by atoms with Crippen molar-refractivity contribution in [2.24, 2.45) is 5.92 Å². The Morgan fingerprint density at radius 2 is 1.82 bits per heavy atom. The van der Waals surface area contributed by atoms with Crippen LogP contribution < -0.4 is 0 Å². The van der Waals surface area contributed by atoms with Crippen LogP contribution in [0.5, 0.6) is 0 Å². The van der Waals surface area contributed by atoms with Gasteiger partial charge in [-0.2, -0.15) is 0 Å². The van der Waals surface area contributed by atoms with E-state index >= 15 is 0 Å². The standard InChI is InChI=1S/C16H23N/c1-10(2)6-12(4)15-9-17-16-13(5)7-11(3)8-14(15)16/h7-10,12,17H,6H2,1-5H3. The van der Waals surface area contributed by atoms with Gasteiger partial charge in [-0.3, -0.25) is 0 Å². The predicted octanol–water partition coefficient (Wildman–Crippen LogP) is 4.93. The number of aromatic amines is 1. The van der Waals surface area contributed by atoms with E-state index in [1.54, 1.807) is 0 Å². The van der Waals surface area contributed by atoms with Crippen molar-refractivity contribution in [1.82, 2.24) is 4.98 Å². The Bertz CT molecular complexity index is 520. The van der Waals surface area contributed by atoms with Crippen molar-refractivity contribution >= 4 is 10.9 Å². The van der Waals surface area contributed by atoms with Gasteiger partial charge >= 0.3 is 0 Å². The summed E-state index contributed by atoms with van der Waals surface area (Å²) in [7, 11) is 0. The number of aromatic nitrogens is 1. The van der Waals surface area contributed by atoms with E-state index < -0.39 is 0 Å². The molecule has 1 aromatic carbocycles. The van der Waals surface area contributed by atoms with Crippen molar-refractivity contribution < 1.29 is 0 Å². The zero-order valence-electron chi connectivity index (χ0n) is 11.6. The largest absolute Gasteiger partial charge is 0.361 e. The highest BCUT2D eigenvalue weighted by atomic mass is 14.7. The van der Waals surface area contributed by atoms with Crippen LogP contribution >= 0.6 is 0 Å². The molecule has 1 heterocycles. The third-order valence-corrected chi connectivity index (χ3v) is 3.52. The summed E-state index contributed by atoms with van der Waals surface area (Å²) in [6, 6.07) is 4.56. The van der Waals surface area contributed by atoms with Crippen molar-refractivity contribution in [2.45, 2.75) is 47.0 Å². The van der Waals surface area contributed by atoms with Gasteiger partial charge in [0.2, 0.25) is 0 Å². The maximum absolute atomic E-state index is 3.44. The van der Waals surface area contributed by atoms with Crippen LogP contribution in [0.4, 0.5) is 0 Å². The summed E-state index contributed by atoms with van der Waals surface area (Å²) in [6.45, 7) is 11.3. The number of hydrogen-bond acceptors (Lipinski definition) is 0. The van der Waals surface area contributed by atoms with Crippen molar-refractivity contribution in [2.75, 3.05) is 0 Å². The third kappa shape index (κ3) is 2.38. The van der Waals surface area contributed by atoms with E-state index in [1.165, 1.54) is 34.0 Å². The number of benzene rings is 1. The van der Waals surface area contributed by atoms with Crippen LogP contribution in [-0.2, 0) is 0 Å². The summed E-state index contributed by atoms with van der Waals surface area (Å²) < 4.78 is 0. The van der Waals surface area contributed by atoms with Gasteiger partial charge < -0.3 is 4.98 Å². The molecule has 0 aliphatic heterocycles. The molecule has 0 fully saturated rings. The van der Waals surface area contributed by atoms with E-state index in [1.807, 2.05) is 0 Å². The van der Waals surface area contributed by atoms with Crippen LogP contribution in [0.25, 0.3) is 10.9 Å².